The molecule has 0 N–H and O–H groups in total. The van der Waals surface area contributed by atoms with Crippen LogP contribution in [0.4, 0.5) is 0 Å². The van der Waals surface area contributed by atoms with Gasteiger partial charge in [0, 0.05) is 7.11 Å². The van der Waals surface area contributed by atoms with E-state index in [1.54, 1.807) is 0 Å². The molecule has 0 fully saturated rings. The van der Waals surface area contributed by atoms with Crippen LogP contribution in [0.2, 0.25) is 0 Å². The molecule has 0 aliphatic carbocycles. The van der Waals surface area contributed by atoms with E-state index in [-0.39, 0.29) is 0 Å². The van der Waals surface area contributed by atoms with Crippen LogP contribution < -0.4 is 0 Å². The van der Waals surface area contributed by atoms with Crippen molar-refractivity contribution in [3.63, 3.8) is 0 Å². The van der Waals surface area contributed by atoms with Gasteiger partial charge in [-0.3, -0.25) is 0 Å². The van der Waals surface area contributed by atoms with Gasteiger partial charge in [-0.1, -0.05) is 0 Å². The highest BCUT2D eigenvalue weighted by Gasteiger charge is 2.50. The molecular weight excluding hydrogens is 188 g/mol. The summed E-state index contributed by atoms with van der Waals surface area (Å²) in [5.74, 6) is 0. The zero-order valence-electron chi connectivity index (χ0n) is 7.36. The van der Waals surface area contributed by atoms with Gasteiger partial charge in [0.25, 0.3) is 0 Å². The lowest BCUT2D eigenvalue weighted by Crippen LogP contribution is -2.47. The molecule has 0 bridgehead atoms. The summed E-state index contributed by atoms with van der Waals surface area (Å²) in [6, 6.07) is 0. The van der Waals surface area contributed by atoms with Crippen LogP contribution in [-0.2, 0) is 32.8 Å². The molecule has 0 spiro atoms. The van der Waals surface area contributed by atoms with Crippen molar-refractivity contribution in [1.82, 2.24) is 0 Å². The van der Waals surface area contributed by atoms with E-state index in [9.17, 15) is 0 Å². The van der Waals surface area contributed by atoms with E-state index in [1.807, 2.05) is 0 Å². The molecule has 8 heteroatoms. The first-order valence-electron chi connectivity index (χ1n) is 2.95. The normalized spacial score (nSPS) is 12.0. The minimum absolute atomic E-state index is 1.28. The van der Waals surface area contributed by atoms with Crippen LogP contribution in [0.15, 0.2) is 0 Å². The Hall–Kier alpha value is -0.0631. The Bertz CT molecular complexity index is 92.6. The summed E-state index contributed by atoms with van der Waals surface area (Å²) in [6.07, 6.45) is 0. The minimum Gasteiger partial charge on any atom is -0.351 e. The molecular formula is C4H12O7Si. The summed E-state index contributed by atoms with van der Waals surface area (Å²) < 4.78 is 18.5. The van der Waals surface area contributed by atoms with Crippen LogP contribution in [-0.4, -0.2) is 37.5 Å². The van der Waals surface area contributed by atoms with Gasteiger partial charge in [-0.25, -0.2) is 14.7 Å². The zero-order chi connectivity index (χ0) is 9.45. The lowest BCUT2D eigenvalue weighted by molar-refractivity contribution is -0.368. The first kappa shape index (κ1) is 11.9. The van der Waals surface area contributed by atoms with Crippen molar-refractivity contribution in [3.8, 4) is 0 Å². The summed E-state index contributed by atoms with van der Waals surface area (Å²) in [5, 5.41) is 0. The first-order valence-corrected chi connectivity index (χ1v) is 4.58. The number of rotatable bonds is 7. The summed E-state index contributed by atoms with van der Waals surface area (Å²) in [6.45, 7) is 0. The van der Waals surface area contributed by atoms with Crippen molar-refractivity contribution in [2.75, 3.05) is 28.4 Å². The predicted octanol–water partition coefficient (Wildman–Crippen LogP) is -0.198. The molecule has 0 aromatic heterocycles. The smallest absolute Gasteiger partial charge is 0.351 e. The molecule has 0 heterocycles. The fourth-order valence-corrected chi connectivity index (χ4v) is 1.35. The number of hydrogen-bond acceptors (Lipinski definition) is 7. The molecule has 7 nitrogen and oxygen atoms in total. The average molecular weight is 200 g/mol. The van der Waals surface area contributed by atoms with Crippen molar-refractivity contribution in [1.29, 1.82) is 0 Å². The molecule has 74 valence electrons. The maximum absolute atomic E-state index is 4.76. The van der Waals surface area contributed by atoms with Gasteiger partial charge >= 0.3 is 9.05 Å². The molecule has 0 radical (unpaired) electrons. The third-order valence-electron chi connectivity index (χ3n) is 0.806. The monoisotopic (exact) mass is 200 g/mol. The Kier molecular flexibility index (Phi) is 6.42. The van der Waals surface area contributed by atoms with Crippen LogP contribution >= 0.6 is 0 Å². The predicted molar refractivity (Wildman–Crippen MR) is 37.0 cm³/mol. The van der Waals surface area contributed by atoms with Gasteiger partial charge < -0.3 is 4.43 Å². The molecule has 0 unspecified atom stereocenters. The van der Waals surface area contributed by atoms with Crippen LogP contribution in [0.1, 0.15) is 0 Å². The maximum atomic E-state index is 4.76. The Morgan fingerprint density at radius 2 is 1.00 bits per heavy atom. The van der Waals surface area contributed by atoms with Gasteiger partial charge in [0.2, 0.25) is 0 Å². The summed E-state index contributed by atoms with van der Waals surface area (Å²) in [7, 11) is 1.70. The van der Waals surface area contributed by atoms with Crippen LogP contribution in [0.5, 0.6) is 0 Å². The lowest BCUT2D eigenvalue weighted by atomic mass is 11.8. The van der Waals surface area contributed by atoms with Crippen molar-refractivity contribution in [2.45, 2.75) is 0 Å². The first-order chi connectivity index (χ1) is 5.74. The largest absolute Gasteiger partial charge is 0.764 e. The quantitative estimate of drug-likeness (QED) is 0.320. The van der Waals surface area contributed by atoms with Crippen LogP contribution in [0.25, 0.3) is 0 Å². The second-order valence-corrected chi connectivity index (χ2v) is 3.36. The molecule has 12 heavy (non-hydrogen) atoms. The van der Waals surface area contributed by atoms with Crippen molar-refractivity contribution in [2.24, 2.45) is 0 Å². The molecule has 0 saturated heterocycles. The second-order valence-electron chi connectivity index (χ2n) is 1.45. The Morgan fingerprint density at radius 1 is 0.667 bits per heavy atom. The molecule has 0 rings (SSSR count). The molecule has 0 aliphatic rings. The fourth-order valence-electron chi connectivity index (χ4n) is 0.450. The van der Waals surface area contributed by atoms with E-state index in [0.717, 1.165) is 0 Å². The SMILES string of the molecule is COO[Si](OC)(OOC)OOC. The van der Waals surface area contributed by atoms with Crippen molar-refractivity contribution >= 4 is 9.05 Å². The van der Waals surface area contributed by atoms with Gasteiger partial charge in [-0.2, -0.15) is 13.7 Å². The van der Waals surface area contributed by atoms with Crippen LogP contribution in [0.3, 0.4) is 0 Å². The molecule has 0 aromatic carbocycles. The van der Waals surface area contributed by atoms with Gasteiger partial charge in [0.05, 0.1) is 21.3 Å². The van der Waals surface area contributed by atoms with E-state index >= 15 is 0 Å². The van der Waals surface area contributed by atoms with Crippen molar-refractivity contribution in [3.05, 3.63) is 0 Å². The Morgan fingerprint density at radius 3 is 1.17 bits per heavy atom. The molecule has 0 aliphatic heterocycles. The summed E-state index contributed by atoms with van der Waals surface area (Å²) >= 11 is 0. The van der Waals surface area contributed by atoms with Gasteiger partial charge in [-0.05, 0) is 0 Å². The third-order valence-corrected chi connectivity index (χ3v) is 2.42. The van der Waals surface area contributed by atoms with Gasteiger partial charge in [0.15, 0.2) is 0 Å². The maximum Gasteiger partial charge on any atom is 0.764 e. The van der Waals surface area contributed by atoms with E-state index in [0.29, 0.717) is 0 Å². The average Bonchev–Trinajstić information content (AvgIpc) is 2.06. The summed E-state index contributed by atoms with van der Waals surface area (Å²) in [5.41, 5.74) is 0. The highest BCUT2D eigenvalue weighted by Crippen LogP contribution is 2.10. The summed E-state index contributed by atoms with van der Waals surface area (Å²) in [4.78, 5) is 13.0. The van der Waals surface area contributed by atoms with E-state index in [2.05, 4.69) is 28.4 Å². The number of hydrogen-bond donors (Lipinski definition) is 0. The molecule has 0 atom stereocenters. The zero-order valence-corrected chi connectivity index (χ0v) is 8.36. The van der Waals surface area contributed by atoms with Gasteiger partial charge in [-0.15, -0.1) is 0 Å². The minimum atomic E-state index is -3.44. The molecule has 0 aromatic rings. The topological polar surface area (TPSA) is 64.6 Å². The highest BCUT2D eigenvalue weighted by molar-refractivity contribution is 6.52. The fraction of sp³-hybridized carbons (Fsp3) is 1.00. The molecule has 0 saturated carbocycles. The Balaban J connectivity index is 4.06. The van der Waals surface area contributed by atoms with E-state index in [1.165, 1.54) is 28.4 Å². The highest BCUT2D eigenvalue weighted by atomic mass is 28.4. The van der Waals surface area contributed by atoms with Crippen LogP contribution in [0, 0.1) is 0 Å². The van der Waals surface area contributed by atoms with Crippen molar-refractivity contribution < 1.29 is 32.8 Å². The van der Waals surface area contributed by atoms with E-state index in [4.69, 9.17) is 4.43 Å². The van der Waals surface area contributed by atoms with Gasteiger partial charge in [0.1, 0.15) is 0 Å². The molecule has 0 amide bonds. The second kappa shape index (κ2) is 6.45. The third kappa shape index (κ3) is 3.56. The standard InChI is InChI=1S/C4H12O7Si/c1-5-9-12(8-4,10-6-2)11-7-3/h1-4H3. The Labute approximate surface area is 71.3 Å². The van der Waals surface area contributed by atoms with E-state index < -0.39 is 9.05 Å². The lowest BCUT2D eigenvalue weighted by Gasteiger charge is -2.19.